The highest BCUT2D eigenvalue weighted by molar-refractivity contribution is 5.27. The van der Waals surface area contributed by atoms with Gasteiger partial charge in [0.15, 0.2) is 0 Å². The lowest BCUT2D eigenvalue weighted by molar-refractivity contribution is -0.390. The van der Waals surface area contributed by atoms with E-state index in [-0.39, 0.29) is 11.9 Å². The zero-order valence-corrected chi connectivity index (χ0v) is 11.3. The Bertz CT molecular complexity index is 389. The number of hydrogen-bond donors (Lipinski definition) is 1. The van der Waals surface area contributed by atoms with E-state index in [4.69, 9.17) is 0 Å². The molecule has 0 aliphatic carbocycles. The van der Waals surface area contributed by atoms with Crippen molar-refractivity contribution < 1.29 is 4.92 Å². The number of aromatic nitrogens is 2. The second-order valence-electron chi connectivity index (χ2n) is 4.53. The summed E-state index contributed by atoms with van der Waals surface area (Å²) in [5.41, 5.74) is 0.696. The molecule has 1 N–H and O–H groups in total. The monoisotopic (exact) mass is 254 g/mol. The molecule has 1 aromatic heterocycles. The Balaban J connectivity index is 2.78. The maximum atomic E-state index is 10.9. The van der Waals surface area contributed by atoms with Crippen molar-refractivity contribution in [1.29, 1.82) is 0 Å². The molecule has 1 atom stereocenters. The molecule has 6 nitrogen and oxygen atoms in total. The van der Waals surface area contributed by atoms with Crippen molar-refractivity contribution in [2.45, 2.75) is 45.6 Å². The van der Waals surface area contributed by atoms with Gasteiger partial charge in [0, 0.05) is 19.5 Å². The Morgan fingerprint density at radius 3 is 2.78 bits per heavy atom. The molecule has 0 bridgehead atoms. The third-order valence-corrected chi connectivity index (χ3v) is 2.97. The van der Waals surface area contributed by atoms with Crippen LogP contribution in [-0.4, -0.2) is 27.1 Å². The fraction of sp³-hybridized carbons (Fsp3) is 0.750. The summed E-state index contributed by atoms with van der Waals surface area (Å²) in [6, 6.07) is 0.282. The fourth-order valence-corrected chi connectivity index (χ4v) is 2.04. The number of imidazole rings is 1. The van der Waals surface area contributed by atoms with E-state index in [9.17, 15) is 10.1 Å². The van der Waals surface area contributed by atoms with E-state index in [2.05, 4.69) is 24.1 Å². The van der Waals surface area contributed by atoms with E-state index in [1.54, 1.807) is 11.6 Å². The number of nitrogens with zero attached hydrogens (tertiary/aromatic N) is 3. The van der Waals surface area contributed by atoms with E-state index in [1.165, 1.54) is 6.33 Å². The van der Waals surface area contributed by atoms with Crippen molar-refractivity contribution in [2.24, 2.45) is 7.05 Å². The summed E-state index contributed by atoms with van der Waals surface area (Å²) < 4.78 is 1.74. The predicted molar refractivity (Wildman–Crippen MR) is 70.6 cm³/mol. The van der Waals surface area contributed by atoms with Gasteiger partial charge in [-0.3, -0.25) is 0 Å². The molecule has 0 amide bonds. The first-order chi connectivity index (χ1) is 8.60. The molecule has 1 heterocycles. The molecule has 0 saturated carbocycles. The highest BCUT2D eigenvalue weighted by atomic mass is 16.6. The van der Waals surface area contributed by atoms with Crippen LogP contribution in [0.25, 0.3) is 0 Å². The summed E-state index contributed by atoms with van der Waals surface area (Å²) in [6.45, 7) is 5.18. The van der Waals surface area contributed by atoms with Gasteiger partial charge < -0.3 is 20.0 Å². The van der Waals surface area contributed by atoms with Crippen LogP contribution in [0.3, 0.4) is 0 Å². The van der Waals surface area contributed by atoms with E-state index < -0.39 is 4.92 Å². The van der Waals surface area contributed by atoms with Gasteiger partial charge >= 0.3 is 5.82 Å². The first-order valence-corrected chi connectivity index (χ1v) is 6.48. The van der Waals surface area contributed by atoms with Gasteiger partial charge in [0.05, 0.1) is 0 Å². The highest BCUT2D eigenvalue weighted by Crippen LogP contribution is 2.18. The summed E-state index contributed by atoms with van der Waals surface area (Å²) in [5.74, 6) is -0.0168. The molecule has 1 rings (SSSR count). The van der Waals surface area contributed by atoms with E-state index >= 15 is 0 Å². The molecule has 102 valence electrons. The maximum Gasteiger partial charge on any atom is 0.384 e. The van der Waals surface area contributed by atoms with Crippen molar-refractivity contribution >= 4 is 5.82 Å². The second kappa shape index (κ2) is 7.10. The van der Waals surface area contributed by atoms with Crippen LogP contribution in [0.4, 0.5) is 5.82 Å². The zero-order chi connectivity index (χ0) is 13.5. The van der Waals surface area contributed by atoms with E-state index in [1.807, 2.05) is 0 Å². The van der Waals surface area contributed by atoms with Crippen LogP contribution in [0.15, 0.2) is 6.33 Å². The summed E-state index contributed by atoms with van der Waals surface area (Å²) >= 11 is 0. The van der Waals surface area contributed by atoms with Gasteiger partial charge in [-0.15, -0.1) is 0 Å². The van der Waals surface area contributed by atoms with Gasteiger partial charge in [0.25, 0.3) is 0 Å². The van der Waals surface area contributed by atoms with Crippen LogP contribution < -0.4 is 5.32 Å². The zero-order valence-electron chi connectivity index (χ0n) is 11.3. The molecule has 1 aromatic rings. The molecular weight excluding hydrogens is 232 g/mol. The lowest BCUT2D eigenvalue weighted by Gasteiger charge is -2.17. The Hall–Kier alpha value is -1.43. The highest BCUT2D eigenvalue weighted by Gasteiger charge is 2.22. The summed E-state index contributed by atoms with van der Waals surface area (Å²) in [7, 11) is 1.80. The average molecular weight is 254 g/mol. The van der Waals surface area contributed by atoms with Gasteiger partial charge in [-0.25, -0.2) is 0 Å². The summed E-state index contributed by atoms with van der Waals surface area (Å²) in [6.07, 6.45) is 5.31. The van der Waals surface area contributed by atoms with Gasteiger partial charge in [-0.2, -0.15) is 0 Å². The van der Waals surface area contributed by atoms with E-state index in [0.717, 1.165) is 25.8 Å². The van der Waals surface area contributed by atoms with Crippen LogP contribution in [0.5, 0.6) is 0 Å². The lowest BCUT2D eigenvalue weighted by Crippen LogP contribution is -2.32. The van der Waals surface area contributed by atoms with Crippen LogP contribution in [0, 0.1) is 10.1 Å². The molecule has 0 spiro atoms. The minimum Gasteiger partial charge on any atom is -0.358 e. The van der Waals surface area contributed by atoms with Crippen molar-refractivity contribution in [2.75, 3.05) is 6.54 Å². The van der Waals surface area contributed by atoms with Crippen LogP contribution in [0.2, 0.25) is 0 Å². The Labute approximate surface area is 108 Å². The minimum atomic E-state index is -0.405. The fourth-order valence-electron chi connectivity index (χ4n) is 2.04. The molecule has 0 aromatic carbocycles. The predicted octanol–water partition coefficient (Wildman–Crippen LogP) is 2.04. The number of rotatable bonds is 8. The standard InChI is InChI=1S/C12H22N4O2/c1-4-6-10(13-7-5-2)8-11-12(16(17)18)14-9-15(11)3/h9-10,13H,4-8H2,1-3H3. The SMILES string of the molecule is CCCNC(CCC)Cc1c([N+](=O)[O-])ncn1C. The third kappa shape index (κ3) is 3.80. The largest absolute Gasteiger partial charge is 0.384 e. The number of nitro groups is 1. The maximum absolute atomic E-state index is 10.9. The van der Waals surface area contributed by atoms with Gasteiger partial charge in [-0.05, 0) is 29.3 Å². The summed E-state index contributed by atoms with van der Waals surface area (Å²) in [4.78, 5) is 14.3. The average Bonchev–Trinajstić information content (AvgIpc) is 2.68. The van der Waals surface area contributed by atoms with Gasteiger partial charge in [0.2, 0.25) is 6.33 Å². The molecule has 1 unspecified atom stereocenters. The van der Waals surface area contributed by atoms with Crippen LogP contribution in [-0.2, 0) is 13.5 Å². The van der Waals surface area contributed by atoms with Crippen molar-refractivity contribution in [3.63, 3.8) is 0 Å². The Morgan fingerprint density at radius 1 is 1.50 bits per heavy atom. The van der Waals surface area contributed by atoms with Crippen LogP contribution in [0.1, 0.15) is 38.8 Å². The Morgan fingerprint density at radius 2 is 2.22 bits per heavy atom. The smallest absolute Gasteiger partial charge is 0.358 e. The first kappa shape index (κ1) is 14.6. The number of aryl methyl sites for hydroxylation is 1. The molecule has 18 heavy (non-hydrogen) atoms. The Kier molecular flexibility index (Phi) is 5.77. The van der Waals surface area contributed by atoms with E-state index in [0.29, 0.717) is 12.1 Å². The quantitative estimate of drug-likeness (QED) is 0.569. The molecule has 0 fully saturated rings. The lowest BCUT2D eigenvalue weighted by atomic mass is 10.1. The topological polar surface area (TPSA) is 73.0 Å². The molecule has 6 heteroatoms. The third-order valence-electron chi connectivity index (χ3n) is 2.97. The van der Waals surface area contributed by atoms with Crippen molar-refractivity contribution in [1.82, 2.24) is 14.9 Å². The van der Waals surface area contributed by atoms with Crippen molar-refractivity contribution in [3.05, 3.63) is 22.1 Å². The van der Waals surface area contributed by atoms with Crippen LogP contribution >= 0.6 is 0 Å². The first-order valence-electron chi connectivity index (χ1n) is 6.48. The normalized spacial score (nSPS) is 12.6. The number of hydrogen-bond acceptors (Lipinski definition) is 4. The van der Waals surface area contributed by atoms with Gasteiger partial charge in [-0.1, -0.05) is 20.3 Å². The van der Waals surface area contributed by atoms with Crippen molar-refractivity contribution in [3.8, 4) is 0 Å². The van der Waals surface area contributed by atoms with Gasteiger partial charge in [0.1, 0.15) is 5.69 Å². The summed E-state index contributed by atoms with van der Waals surface area (Å²) in [5, 5.41) is 14.3. The molecule has 0 saturated heterocycles. The second-order valence-corrected chi connectivity index (χ2v) is 4.53. The number of nitrogens with one attached hydrogen (secondary N) is 1. The molecule has 0 radical (unpaired) electrons. The molecule has 0 aliphatic rings. The molecular formula is C12H22N4O2. The molecule has 0 aliphatic heterocycles. The minimum absolute atomic E-state index is 0.0168.